The molecule has 0 radical (unpaired) electrons. The Labute approximate surface area is 166 Å². The zero-order chi connectivity index (χ0) is 20.6. The average Bonchev–Trinajstić information content (AvgIpc) is 3.07. The minimum absolute atomic E-state index is 0.0257. The van der Waals surface area contributed by atoms with E-state index in [-0.39, 0.29) is 10.8 Å². The van der Waals surface area contributed by atoms with Gasteiger partial charge in [0.05, 0.1) is 11.2 Å². The topological polar surface area (TPSA) is 51.5 Å². The average molecular weight is 423 g/mol. The lowest BCUT2D eigenvalue weighted by atomic mass is 10.1. The first-order chi connectivity index (χ1) is 13.8. The van der Waals surface area contributed by atoms with E-state index in [1.165, 1.54) is 47.0 Å². The van der Waals surface area contributed by atoms with Crippen LogP contribution in [0.25, 0.3) is 16.8 Å². The van der Waals surface area contributed by atoms with Crippen molar-refractivity contribution in [2.75, 3.05) is 5.32 Å². The summed E-state index contributed by atoms with van der Waals surface area (Å²) >= 11 is 5.79. The van der Waals surface area contributed by atoms with Gasteiger partial charge in [-0.3, -0.25) is 0 Å². The van der Waals surface area contributed by atoms with Crippen molar-refractivity contribution in [3.8, 4) is 16.9 Å². The highest BCUT2D eigenvalue weighted by Crippen LogP contribution is 2.29. The fourth-order valence-corrected chi connectivity index (χ4v) is 2.88. The number of rotatable bonds is 4. The summed E-state index contributed by atoms with van der Waals surface area (Å²) in [5.41, 5.74) is 2.25. The molecule has 2 aromatic heterocycles. The quantitative estimate of drug-likeness (QED) is 0.420. The highest BCUT2D eigenvalue weighted by Gasteiger charge is 2.31. The predicted molar refractivity (Wildman–Crippen MR) is 99.8 cm³/mol. The second-order valence-corrected chi connectivity index (χ2v) is 6.37. The second-order valence-electron chi connectivity index (χ2n) is 5.97. The summed E-state index contributed by atoms with van der Waals surface area (Å²) in [5.74, 6) is -0.392. The van der Waals surface area contributed by atoms with Crippen LogP contribution in [-0.4, -0.2) is 21.0 Å². The van der Waals surface area contributed by atoms with Gasteiger partial charge < -0.3 is 10.1 Å². The number of alkyl halides is 3. The molecule has 0 aliphatic carbocycles. The molecule has 0 saturated carbocycles. The van der Waals surface area contributed by atoms with Crippen molar-refractivity contribution < 1.29 is 22.3 Å². The van der Waals surface area contributed by atoms with E-state index in [4.69, 9.17) is 11.6 Å². The molecule has 0 spiro atoms. The van der Waals surface area contributed by atoms with Crippen LogP contribution in [0.15, 0.2) is 60.9 Å². The van der Waals surface area contributed by atoms with E-state index in [0.717, 1.165) is 0 Å². The molecular weight excluding hydrogens is 412 g/mol. The van der Waals surface area contributed by atoms with Crippen molar-refractivity contribution in [1.82, 2.24) is 14.6 Å². The predicted octanol–water partition coefficient (Wildman–Crippen LogP) is 5.83. The lowest BCUT2D eigenvalue weighted by Crippen LogP contribution is -2.16. The first kappa shape index (κ1) is 19.0. The number of nitrogens with one attached hydrogen (secondary N) is 1. The van der Waals surface area contributed by atoms with Crippen LogP contribution in [0.5, 0.6) is 5.75 Å². The van der Waals surface area contributed by atoms with Crippen molar-refractivity contribution in [2.45, 2.75) is 6.36 Å². The zero-order valence-electron chi connectivity index (χ0n) is 14.4. The molecule has 2 heterocycles. The number of hydrogen-bond acceptors (Lipinski definition) is 4. The number of halogens is 5. The molecule has 0 unspecified atom stereocenters. The lowest BCUT2D eigenvalue weighted by Gasteiger charge is -2.09. The van der Waals surface area contributed by atoms with E-state index < -0.39 is 12.2 Å². The van der Waals surface area contributed by atoms with Gasteiger partial charge in [-0.1, -0.05) is 23.7 Å². The molecule has 4 aromatic rings. The number of nitrogens with zero attached hydrogens (tertiary/aromatic N) is 3. The summed E-state index contributed by atoms with van der Waals surface area (Å²) in [6.45, 7) is 0. The third-order valence-electron chi connectivity index (χ3n) is 3.96. The van der Waals surface area contributed by atoms with Crippen molar-refractivity contribution in [2.24, 2.45) is 0 Å². The Morgan fingerprint density at radius 3 is 2.48 bits per heavy atom. The largest absolute Gasteiger partial charge is 0.573 e. The molecule has 4 rings (SSSR count). The first-order valence-corrected chi connectivity index (χ1v) is 8.59. The maximum absolute atomic E-state index is 13.3. The van der Waals surface area contributed by atoms with E-state index in [2.05, 4.69) is 20.1 Å². The number of fused-ring (bicyclic) bond motifs is 1. The molecule has 0 aliphatic heterocycles. The van der Waals surface area contributed by atoms with Crippen molar-refractivity contribution in [3.63, 3.8) is 0 Å². The van der Waals surface area contributed by atoms with Crippen LogP contribution < -0.4 is 10.1 Å². The zero-order valence-corrected chi connectivity index (χ0v) is 15.2. The van der Waals surface area contributed by atoms with Crippen LogP contribution in [-0.2, 0) is 0 Å². The van der Waals surface area contributed by atoms with Crippen LogP contribution in [0.1, 0.15) is 0 Å². The van der Waals surface area contributed by atoms with Gasteiger partial charge in [-0.15, -0.1) is 13.2 Å². The van der Waals surface area contributed by atoms with E-state index >= 15 is 0 Å². The van der Waals surface area contributed by atoms with Crippen LogP contribution in [0.2, 0.25) is 5.02 Å². The van der Waals surface area contributed by atoms with Crippen molar-refractivity contribution >= 4 is 28.8 Å². The molecular formula is C19H11ClF4N4O. The highest BCUT2D eigenvalue weighted by molar-refractivity contribution is 6.31. The van der Waals surface area contributed by atoms with Gasteiger partial charge in [0.1, 0.15) is 17.4 Å². The van der Waals surface area contributed by atoms with Gasteiger partial charge in [-0.05, 0) is 42.0 Å². The fourth-order valence-electron chi connectivity index (χ4n) is 2.70. The Balaban J connectivity index is 1.64. The molecule has 29 heavy (non-hydrogen) atoms. The van der Waals surface area contributed by atoms with Crippen molar-refractivity contribution in [1.29, 1.82) is 0 Å². The monoisotopic (exact) mass is 422 g/mol. The van der Waals surface area contributed by atoms with Crippen LogP contribution >= 0.6 is 11.6 Å². The smallest absolute Gasteiger partial charge is 0.406 e. The van der Waals surface area contributed by atoms with Gasteiger partial charge >= 0.3 is 6.36 Å². The van der Waals surface area contributed by atoms with Gasteiger partial charge in [0.2, 0.25) is 0 Å². The highest BCUT2D eigenvalue weighted by atomic mass is 35.5. The Morgan fingerprint density at radius 1 is 1.03 bits per heavy atom. The van der Waals surface area contributed by atoms with Gasteiger partial charge in [0.25, 0.3) is 0 Å². The molecule has 148 valence electrons. The lowest BCUT2D eigenvalue weighted by molar-refractivity contribution is -0.274. The van der Waals surface area contributed by atoms with Crippen LogP contribution in [0, 0.1) is 5.82 Å². The summed E-state index contributed by atoms with van der Waals surface area (Å²) in [5, 5.41) is 7.19. The van der Waals surface area contributed by atoms with Gasteiger partial charge in [0, 0.05) is 17.4 Å². The molecule has 10 heteroatoms. The van der Waals surface area contributed by atoms with E-state index in [1.54, 1.807) is 18.5 Å². The molecule has 0 bridgehead atoms. The third-order valence-corrected chi connectivity index (χ3v) is 4.25. The number of hydrogen-bond donors (Lipinski definition) is 1. The Kier molecular flexibility index (Phi) is 4.75. The second kappa shape index (κ2) is 7.25. The summed E-state index contributed by atoms with van der Waals surface area (Å²) in [6, 6.07) is 11.3. The summed E-state index contributed by atoms with van der Waals surface area (Å²) in [7, 11) is 0. The minimum Gasteiger partial charge on any atom is -0.406 e. The maximum atomic E-state index is 13.3. The van der Waals surface area contributed by atoms with Crippen molar-refractivity contribution in [3.05, 3.63) is 71.8 Å². The van der Waals surface area contributed by atoms with E-state index in [9.17, 15) is 17.6 Å². The Bertz CT molecular complexity index is 1180. The standard InChI is InChI=1S/C19H11ClF4N4O/c20-15-9-12(3-6-16(15)21)26-17-7-8-28-18(27-17)14(10-25-28)11-1-4-13(5-2-11)29-19(22,23)24/h1-10H,(H,26,27). The van der Waals surface area contributed by atoms with Crippen LogP contribution in [0.4, 0.5) is 29.1 Å². The molecule has 0 atom stereocenters. The summed E-state index contributed by atoms with van der Waals surface area (Å²) in [4.78, 5) is 4.48. The molecule has 0 amide bonds. The Morgan fingerprint density at radius 2 is 1.79 bits per heavy atom. The SMILES string of the molecule is Fc1ccc(Nc2ccn3ncc(-c4ccc(OC(F)(F)F)cc4)c3n2)cc1Cl. The molecule has 0 aliphatic rings. The van der Waals surface area contributed by atoms with Gasteiger partial charge in [-0.2, -0.15) is 5.10 Å². The third kappa shape index (κ3) is 4.24. The van der Waals surface area contributed by atoms with E-state index in [1.807, 2.05) is 0 Å². The fraction of sp³-hybridized carbons (Fsp3) is 0.0526. The number of benzene rings is 2. The van der Waals surface area contributed by atoms with Gasteiger partial charge in [-0.25, -0.2) is 13.9 Å². The van der Waals surface area contributed by atoms with E-state index in [0.29, 0.717) is 28.3 Å². The minimum atomic E-state index is -4.75. The molecule has 5 nitrogen and oxygen atoms in total. The maximum Gasteiger partial charge on any atom is 0.573 e. The summed E-state index contributed by atoms with van der Waals surface area (Å²) in [6.07, 6.45) is -1.53. The molecule has 2 aromatic carbocycles. The molecule has 1 N–H and O–H groups in total. The number of ether oxygens (including phenoxy) is 1. The normalized spacial score (nSPS) is 11.6. The number of aromatic nitrogens is 3. The van der Waals surface area contributed by atoms with Gasteiger partial charge in [0.15, 0.2) is 5.65 Å². The molecule has 0 fully saturated rings. The Hall–Kier alpha value is -3.33. The van der Waals surface area contributed by atoms with Crippen LogP contribution in [0.3, 0.4) is 0 Å². The number of anilines is 2. The summed E-state index contributed by atoms with van der Waals surface area (Å²) < 4.78 is 55.7. The molecule has 0 saturated heterocycles. The first-order valence-electron chi connectivity index (χ1n) is 8.21.